The number of hydrogen-bond donors (Lipinski definition) is 2. The number of amides is 1. The molecule has 2 N–H and O–H groups in total. The minimum absolute atomic E-state index is 0.138. The first kappa shape index (κ1) is 21.0. The van der Waals surface area contributed by atoms with E-state index >= 15 is 0 Å². The van der Waals surface area contributed by atoms with Crippen molar-refractivity contribution in [1.29, 1.82) is 0 Å². The number of hydrogen-bond acceptors (Lipinski definition) is 6. The first-order valence-corrected chi connectivity index (χ1v) is 10.4. The normalized spacial score (nSPS) is 19.8. The van der Waals surface area contributed by atoms with Crippen LogP contribution in [-0.4, -0.2) is 40.4 Å². The van der Waals surface area contributed by atoms with E-state index in [4.69, 9.17) is 21.1 Å². The van der Waals surface area contributed by atoms with Gasteiger partial charge in [0, 0.05) is 16.8 Å². The van der Waals surface area contributed by atoms with Crippen LogP contribution in [-0.2, 0) is 4.79 Å². The first-order valence-electron chi connectivity index (χ1n) is 10.0. The number of nitrogens with zero attached hydrogens (tertiary/aromatic N) is 3. The van der Waals surface area contributed by atoms with Crippen LogP contribution in [0.25, 0.3) is 0 Å². The number of anilines is 2. The molecule has 2 aromatic carbocycles. The Kier molecular flexibility index (Phi) is 5.99. The van der Waals surface area contributed by atoms with E-state index in [2.05, 4.69) is 20.7 Å². The molecule has 9 heteroatoms. The van der Waals surface area contributed by atoms with Crippen LogP contribution in [0, 0.1) is 5.92 Å². The maximum absolute atomic E-state index is 13.4. The fourth-order valence-corrected chi connectivity index (χ4v) is 4.02. The van der Waals surface area contributed by atoms with Crippen molar-refractivity contribution in [2.75, 3.05) is 24.4 Å². The lowest BCUT2D eigenvalue weighted by molar-refractivity contribution is -0.121. The predicted octanol–water partition coefficient (Wildman–Crippen LogP) is 4.00. The molecule has 1 aliphatic heterocycles. The summed E-state index contributed by atoms with van der Waals surface area (Å²) in [5, 5.41) is 11.3. The number of nitrogens with one attached hydrogen (secondary N) is 2. The summed E-state index contributed by atoms with van der Waals surface area (Å²) in [6.07, 6.45) is 1.48. The van der Waals surface area contributed by atoms with E-state index in [1.54, 1.807) is 36.1 Å². The Hall–Kier alpha value is -3.26. The SMILES string of the molecule is CCOc1ccc([C@@H]2[C@H](C(=O)Nc3ccc(Cl)cc3)[C@@H](C)Nc3ncnn32)cc1OC. The predicted molar refractivity (Wildman–Crippen MR) is 119 cm³/mol. The van der Waals surface area contributed by atoms with Crippen molar-refractivity contribution < 1.29 is 14.3 Å². The number of ether oxygens (including phenoxy) is 2. The van der Waals surface area contributed by atoms with Gasteiger partial charge in [-0.3, -0.25) is 4.79 Å². The fourth-order valence-electron chi connectivity index (χ4n) is 3.90. The zero-order chi connectivity index (χ0) is 22.0. The number of halogens is 1. The smallest absolute Gasteiger partial charge is 0.232 e. The summed E-state index contributed by atoms with van der Waals surface area (Å²) in [6, 6.07) is 12.1. The molecule has 0 saturated carbocycles. The van der Waals surface area contributed by atoms with Crippen molar-refractivity contribution in [2.24, 2.45) is 5.92 Å². The average Bonchev–Trinajstić information content (AvgIpc) is 3.23. The van der Waals surface area contributed by atoms with Gasteiger partial charge in [-0.2, -0.15) is 10.1 Å². The second-order valence-corrected chi connectivity index (χ2v) is 7.71. The van der Waals surface area contributed by atoms with Crippen molar-refractivity contribution in [3.05, 3.63) is 59.4 Å². The van der Waals surface area contributed by atoms with Crippen molar-refractivity contribution in [3.8, 4) is 11.5 Å². The van der Waals surface area contributed by atoms with Crippen molar-refractivity contribution >= 4 is 29.1 Å². The van der Waals surface area contributed by atoms with Gasteiger partial charge in [-0.15, -0.1) is 0 Å². The molecule has 0 fully saturated rings. The van der Waals surface area contributed by atoms with Gasteiger partial charge in [0.05, 0.1) is 25.7 Å². The second-order valence-electron chi connectivity index (χ2n) is 7.27. The highest BCUT2D eigenvalue weighted by Gasteiger charge is 2.41. The van der Waals surface area contributed by atoms with Gasteiger partial charge in [0.1, 0.15) is 6.33 Å². The Morgan fingerprint density at radius 1 is 1.23 bits per heavy atom. The molecule has 3 atom stereocenters. The van der Waals surface area contributed by atoms with E-state index in [-0.39, 0.29) is 18.0 Å². The molecule has 8 nitrogen and oxygen atoms in total. The van der Waals surface area contributed by atoms with Crippen LogP contribution in [0.2, 0.25) is 5.02 Å². The molecule has 0 bridgehead atoms. The zero-order valence-corrected chi connectivity index (χ0v) is 18.3. The zero-order valence-electron chi connectivity index (χ0n) is 17.5. The van der Waals surface area contributed by atoms with Crippen LogP contribution in [0.4, 0.5) is 11.6 Å². The van der Waals surface area contributed by atoms with Gasteiger partial charge < -0.3 is 20.1 Å². The fraction of sp³-hybridized carbons (Fsp3) is 0.318. The molecule has 2 heterocycles. The van der Waals surface area contributed by atoms with Crippen LogP contribution >= 0.6 is 11.6 Å². The van der Waals surface area contributed by atoms with E-state index < -0.39 is 5.92 Å². The molecule has 162 valence electrons. The lowest BCUT2D eigenvalue weighted by Gasteiger charge is -2.37. The lowest BCUT2D eigenvalue weighted by Crippen LogP contribution is -2.46. The van der Waals surface area contributed by atoms with Gasteiger partial charge in [0.15, 0.2) is 11.5 Å². The number of methoxy groups -OCH3 is 1. The monoisotopic (exact) mass is 441 g/mol. The lowest BCUT2D eigenvalue weighted by atomic mass is 9.85. The van der Waals surface area contributed by atoms with Gasteiger partial charge in [-0.05, 0) is 55.8 Å². The number of rotatable bonds is 6. The maximum atomic E-state index is 13.4. The molecule has 3 aromatic rings. The Morgan fingerprint density at radius 3 is 2.71 bits per heavy atom. The van der Waals surface area contributed by atoms with Crippen molar-refractivity contribution in [1.82, 2.24) is 14.8 Å². The number of aromatic nitrogens is 3. The molecule has 1 aliphatic rings. The number of fused-ring (bicyclic) bond motifs is 1. The van der Waals surface area contributed by atoms with Crippen LogP contribution in [0.15, 0.2) is 48.8 Å². The largest absolute Gasteiger partial charge is 0.493 e. The number of benzene rings is 2. The Bertz CT molecular complexity index is 1070. The molecule has 0 saturated heterocycles. The number of carbonyl (C=O) groups excluding carboxylic acids is 1. The van der Waals surface area contributed by atoms with E-state index in [0.29, 0.717) is 34.8 Å². The van der Waals surface area contributed by atoms with Crippen molar-refractivity contribution in [2.45, 2.75) is 25.9 Å². The van der Waals surface area contributed by atoms with Gasteiger partial charge >= 0.3 is 0 Å². The molecule has 31 heavy (non-hydrogen) atoms. The highest BCUT2D eigenvalue weighted by Crippen LogP contribution is 2.39. The molecule has 0 spiro atoms. The molecule has 1 aromatic heterocycles. The highest BCUT2D eigenvalue weighted by molar-refractivity contribution is 6.30. The van der Waals surface area contributed by atoms with Gasteiger partial charge in [-0.25, -0.2) is 4.68 Å². The minimum Gasteiger partial charge on any atom is -0.493 e. The molecular formula is C22H24ClN5O3. The second kappa shape index (κ2) is 8.85. The summed E-state index contributed by atoms with van der Waals surface area (Å²) >= 11 is 5.97. The first-order chi connectivity index (χ1) is 15.0. The van der Waals surface area contributed by atoms with Gasteiger partial charge in [0.2, 0.25) is 11.9 Å². The van der Waals surface area contributed by atoms with Crippen LogP contribution < -0.4 is 20.1 Å². The summed E-state index contributed by atoms with van der Waals surface area (Å²) in [7, 11) is 1.60. The van der Waals surface area contributed by atoms with Crippen LogP contribution in [0.5, 0.6) is 11.5 Å². The third-order valence-corrected chi connectivity index (χ3v) is 5.57. The molecule has 0 unspecified atom stereocenters. The van der Waals surface area contributed by atoms with Gasteiger partial charge in [-0.1, -0.05) is 17.7 Å². The summed E-state index contributed by atoms with van der Waals surface area (Å²) in [5.41, 5.74) is 1.55. The highest BCUT2D eigenvalue weighted by atomic mass is 35.5. The standard InChI is InChI=1S/C22H24ClN5O3/c1-4-31-17-10-5-14(11-18(17)30-3)20-19(13(2)26-22-24-12-25-28(20)22)21(29)27-16-8-6-15(23)7-9-16/h5-13,19-20H,4H2,1-3H3,(H,27,29)(H,24,25,26)/t13-,19-,20-/m1/s1. The summed E-state index contributed by atoms with van der Waals surface area (Å²) in [5.74, 6) is 1.26. The van der Waals surface area contributed by atoms with E-state index in [9.17, 15) is 4.79 Å². The topological polar surface area (TPSA) is 90.3 Å². The molecule has 4 rings (SSSR count). The summed E-state index contributed by atoms with van der Waals surface area (Å²) in [6.45, 7) is 4.41. The third kappa shape index (κ3) is 4.16. The molecule has 0 aliphatic carbocycles. The maximum Gasteiger partial charge on any atom is 0.232 e. The van der Waals surface area contributed by atoms with Crippen LogP contribution in [0.1, 0.15) is 25.5 Å². The third-order valence-electron chi connectivity index (χ3n) is 5.32. The molecular weight excluding hydrogens is 418 g/mol. The van der Waals surface area contributed by atoms with E-state index in [0.717, 1.165) is 5.56 Å². The van der Waals surface area contributed by atoms with Gasteiger partial charge in [0.25, 0.3) is 0 Å². The van der Waals surface area contributed by atoms with Crippen molar-refractivity contribution in [3.63, 3.8) is 0 Å². The van der Waals surface area contributed by atoms with E-state index in [1.165, 1.54) is 6.33 Å². The van der Waals surface area contributed by atoms with Crippen LogP contribution in [0.3, 0.4) is 0 Å². The average molecular weight is 442 g/mol. The Labute approximate surface area is 185 Å². The number of carbonyl (C=O) groups is 1. The molecule has 0 radical (unpaired) electrons. The summed E-state index contributed by atoms with van der Waals surface area (Å²) in [4.78, 5) is 17.7. The quantitative estimate of drug-likeness (QED) is 0.601. The minimum atomic E-state index is -0.465. The Morgan fingerprint density at radius 2 is 2.00 bits per heavy atom. The molecule has 1 amide bonds. The van der Waals surface area contributed by atoms with E-state index in [1.807, 2.05) is 32.0 Å². The Balaban J connectivity index is 1.73. The summed E-state index contributed by atoms with van der Waals surface area (Å²) < 4.78 is 12.9.